The average molecular weight is 524 g/mol. The molecule has 1 aromatic heterocycles. The van der Waals surface area contributed by atoms with Gasteiger partial charge in [0.25, 0.3) is 0 Å². The summed E-state index contributed by atoms with van der Waals surface area (Å²) in [5.41, 5.74) is 6.17. The molecule has 3 rings (SSSR count). The van der Waals surface area contributed by atoms with Crippen molar-refractivity contribution in [2.24, 2.45) is 12.0 Å². The summed E-state index contributed by atoms with van der Waals surface area (Å²) in [4.78, 5) is 6.97. The third-order valence-electron chi connectivity index (χ3n) is 5.87. The van der Waals surface area contributed by atoms with E-state index in [2.05, 4.69) is 63.7 Å². The Morgan fingerprint density at radius 1 is 1.03 bits per heavy atom. The van der Waals surface area contributed by atoms with Crippen molar-refractivity contribution >= 4 is 29.9 Å². The predicted molar refractivity (Wildman–Crippen MR) is 135 cm³/mol. The summed E-state index contributed by atoms with van der Waals surface area (Å²) in [7, 11) is 3.80. The number of likely N-dealkylation sites (tertiary alicyclic amines) is 1. The van der Waals surface area contributed by atoms with Crippen LogP contribution in [0.3, 0.4) is 0 Å². The van der Waals surface area contributed by atoms with E-state index in [1.165, 1.54) is 61.2 Å². The maximum atomic E-state index is 4.48. The molecule has 0 spiro atoms. The van der Waals surface area contributed by atoms with E-state index in [0.717, 1.165) is 31.3 Å². The van der Waals surface area contributed by atoms with Crippen LogP contribution in [0.15, 0.2) is 29.3 Å². The van der Waals surface area contributed by atoms with E-state index in [1.807, 2.05) is 18.8 Å². The van der Waals surface area contributed by atoms with Gasteiger partial charge >= 0.3 is 0 Å². The lowest BCUT2D eigenvalue weighted by Gasteiger charge is -2.20. The zero-order valence-electron chi connectivity index (χ0n) is 18.9. The number of aryl methyl sites for hydroxylation is 2. The molecule has 0 saturated carbocycles. The first-order valence-corrected chi connectivity index (χ1v) is 10.8. The Morgan fingerprint density at radius 3 is 2.33 bits per heavy atom. The highest BCUT2D eigenvalue weighted by molar-refractivity contribution is 14.0. The molecule has 1 aliphatic heterocycles. The topological polar surface area (TPSA) is 57.5 Å². The van der Waals surface area contributed by atoms with Crippen LogP contribution in [0.25, 0.3) is 0 Å². The molecule has 0 radical (unpaired) electrons. The number of guanidine groups is 1. The molecular weight excluding hydrogens is 487 g/mol. The van der Waals surface area contributed by atoms with E-state index in [1.54, 1.807) is 0 Å². The highest BCUT2D eigenvalue weighted by Crippen LogP contribution is 2.14. The standard InChI is InChI=1S/C23H36N6.HI/c1-18-22(19(2)28(4)27-18)16-26-23(24-3)25-15-20-10-9-11-21(14-20)17-29-12-7-5-6-8-13-29;/h9-11,14H,5-8,12-13,15-17H2,1-4H3,(H2,24,25,26);1H. The zero-order chi connectivity index (χ0) is 20.6. The van der Waals surface area contributed by atoms with Gasteiger partial charge in [-0.05, 0) is 50.9 Å². The quantitative estimate of drug-likeness (QED) is 0.342. The first-order valence-electron chi connectivity index (χ1n) is 10.8. The van der Waals surface area contributed by atoms with Crippen molar-refractivity contribution in [3.8, 4) is 0 Å². The van der Waals surface area contributed by atoms with E-state index in [4.69, 9.17) is 0 Å². The molecule has 1 aliphatic rings. The first kappa shape index (κ1) is 24.7. The summed E-state index contributed by atoms with van der Waals surface area (Å²) < 4.78 is 1.93. The molecule has 166 valence electrons. The Labute approximate surface area is 198 Å². The zero-order valence-corrected chi connectivity index (χ0v) is 21.2. The molecule has 1 aromatic carbocycles. The van der Waals surface area contributed by atoms with Crippen LogP contribution in [0.4, 0.5) is 0 Å². The van der Waals surface area contributed by atoms with E-state index in [9.17, 15) is 0 Å². The van der Waals surface area contributed by atoms with Crippen molar-refractivity contribution in [2.45, 2.75) is 59.2 Å². The number of hydrogen-bond donors (Lipinski definition) is 2. The highest BCUT2D eigenvalue weighted by Gasteiger charge is 2.11. The number of hydrogen-bond acceptors (Lipinski definition) is 3. The third-order valence-corrected chi connectivity index (χ3v) is 5.87. The normalized spacial score (nSPS) is 15.4. The van der Waals surface area contributed by atoms with Gasteiger partial charge < -0.3 is 10.6 Å². The maximum Gasteiger partial charge on any atom is 0.191 e. The number of halogens is 1. The van der Waals surface area contributed by atoms with Gasteiger partial charge in [0, 0.05) is 45.0 Å². The van der Waals surface area contributed by atoms with E-state index < -0.39 is 0 Å². The second kappa shape index (κ2) is 12.3. The van der Waals surface area contributed by atoms with Gasteiger partial charge in [0.1, 0.15) is 0 Å². The first-order chi connectivity index (χ1) is 14.1. The lowest BCUT2D eigenvalue weighted by molar-refractivity contribution is 0.277. The molecule has 0 aliphatic carbocycles. The summed E-state index contributed by atoms with van der Waals surface area (Å²) in [6.07, 6.45) is 5.42. The molecule has 30 heavy (non-hydrogen) atoms. The Bertz CT molecular complexity index is 821. The smallest absolute Gasteiger partial charge is 0.191 e. The lowest BCUT2D eigenvalue weighted by atomic mass is 10.1. The Kier molecular flexibility index (Phi) is 10.1. The molecule has 7 heteroatoms. The molecule has 1 fully saturated rings. The van der Waals surface area contributed by atoms with Gasteiger partial charge in [-0.2, -0.15) is 5.10 Å². The predicted octanol–water partition coefficient (Wildman–Crippen LogP) is 3.90. The summed E-state index contributed by atoms with van der Waals surface area (Å²) in [6.45, 7) is 9.15. The fraction of sp³-hybridized carbons (Fsp3) is 0.565. The van der Waals surface area contributed by atoms with Crippen LogP contribution in [0.2, 0.25) is 0 Å². The molecule has 1 saturated heterocycles. The second-order valence-corrected chi connectivity index (χ2v) is 8.06. The number of nitrogens with zero attached hydrogens (tertiary/aromatic N) is 4. The number of aliphatic imine (C=N–C) groups is 1. The van der Waals surface area contributed by atoms with Gasteiger partial charge in [0.2, 0.25) is 0 Å². The minimum absolute atomic E-state index is 0. The molecule has 0 atom stereocenters. The van der Waals surface area contributed by atoms with E-state index in [-0.39, 0.29) is 24.0 Å². The van der Waals surface area contributed by atoms with Gasteiger partial charge in [0.05, 0.1) is 5.69 Å². The van der Waals surface area contributed by atoms with Gasteiger partial charge in [-0.3, -0.25) is 14.6 Å². The average Bonchev–Trinajstić information content (AvgIpc) is 2.88. The SMILES string of the molecule is CN=C(NCc1cccc(CN2CCCCCC2)c1)NCc1c(C)nn(C)c1C.I. The van der Waals surface area contributed by atoms with Gasteiger partial charge in [-0.15, -0.1) is 24.0 Å². The van der Waals surface area contributed by atoms with E-state index in [0.29, 0.717) is 0 Å². The molecule has 6 nitrogen and oxygen atoms in total. The van der Waals surface area contributed by atoms with E-state index >= 15 is 0 Å². The van der Waals surface area contributed by atoms with Gasteiger partial charge in [0.15, 0.2) is 5.96 Å². The number of aromatic nitrogens is 2. The van der Waals surface area contributed by atoms with Crippen LogP contribution in [0.5, 0.6) is 0 Å². The largest absolute Gasteiger partial charge is 0.352 e. The Morgan fingerprint density at radius 2 is 1.70 bits per heavy atom. The Balaban J connectivity index is 0.00000320. The van der Waals surface area contributed by atoms with Crippen molar-refractivity contribution < 1.29 is 0 Å². The van der Waals surface area contributed by atoms with Crippen LogP contribution in [-0.4, -0.2) is 40.8 Å². The highest BCUT2D eigenvalue weighted by atomic mass is 127. The summed E-state index contributed by atoms with van der Waals surface area (Å²) >= 11 is 0. The van der Waals surface area contributed by atoms with Crippen LogP contribution in [-0.2, 0) is 26.7 Å². The maximum absolute atomic E-state index is 4.48. The summed E-state index contributed by atoms with van der Waals surface area (Å²) in [5.74, 6) is 0.811. The van der Waals surface area contributed by atoms with Crippen molar-refractivity contribution in [2.75, 3.05) is 20.1 Å². The molecule has 2 heterocycles. The summed E-state index contributed by atoms with van der Waals surface area (Å²) in [6, 6.07) is 8.92. The molecule has 0 unspecified atom stereocenters. The monoisotopic (exact) mass is 524 g/mol. The van der Waals surface area contributed by atoms with Gasteiger partial charge in [-0.1, -0.05) is 37.1 Å². The van der Waals surface area contributed by atoms with Gasteiger partial charge in [-0.25, -0.2) is 0 Å². The van der Waals surface area contributed by atoms with Crippen LogP contribution in [0.1, 0.15) is 53.8 Å². The van der Waals surface area contributed by atoms with Crippen molar-refractivity contribution in [1.82, 2.24) is 25.3 Å². The molecule has 0 bridgehead atoms. The Hall–Kier alpha value is -1.61. The lowest BCUT2D eigenvalue weighted by Crippen LogP contribution is -2.36. The van der Waals surface area contributed by atoms with Crippen LogP contribution < -0.4 is 10.6 Å². The van der Waals surface area contributed by atoms with Crippen LogP contribution in [0, 0.1) is 13.8 Å². The molecule has 0 amide bonds. The van der Waals surface area contributed by atoms with Crippen LogP contribution >= 0.6 is 24.0 Å². The molecular formula is C23H37IN6. The number of benzene rings is 1. The fourth-order valence-corrected chi connectivity index (χ4v) is 4.04. The second-order valence-electron chi connectivity index (χ2n) is 8.06. The number of nitrogens with one attached hydrogen (secondary N) is 2. The number of rotatable bonds is 6. The summed E-state index contributed by atoms with van der Waals surface area (Å²) in [5, 5.41) is 11.3. The van der Waals surface area contributed by atoms with Crippen molar-refractivity contribution in [3.05, 3.63) is 52.3 Å². The minimum atomic E-state index is 0. The minimum Gasteiger partial charge on any atom is -0.352 e. The molecule has 2 aromatic rings. The van der Waals surface area contributed by atoms with Crippen molar-refractivity contribution in [1.29, 1.82) is 0 Å². The molecule has 2 N–H and O–H groups in total. The third kappa shape index (κ3) is 6.97. The van der Waals surface area contributed by atoms with Crippen molar-refractivity contribution in [3.63, 3.8) is 0 Å². The fourth-order valence-electron chi connectivity index (χ4n) is 4.04.